The van der Waals surface area contributed by atoms with Crippen molar-refractivity contribution >= 4 is 10.0 Å². The standard InChI is InChI=1S/C31H49NO4S/c1-5-23-27-19-21(33)13-16-31(27,4)26-14-17-30(3)24(11-12-25(30)28(26)29(23)34)20(2)15-18-32-37(35,36)22-9-7-6-8-10-22/h6-10,20-21,23-29,32-34H,5,11-19H2,1-4H3/t20-,21-,23-,24-,25+,26+,27+,28+,29-,30-,31-/m1/s1. The second-order valence-electron chi connectivity index (χ2n) is 13.6. The normalized spacial score (nSPS) is 44.5. The van der Waals surface area contributed by atoms with E-state index in [2.05, 4.69) is 32.4 Å². The summed E-state index contributed by atoms with van der Waals surface area (Å²) < 4.78 is 28.2. The highest BCUT2D eigenvalue weighted by Gasteiger charge is 2.64. The summed E-state index contributed by atoms with van der Waals surface area (Å²) in [7, 11) is -3.47. The number of aliphatic hydroxyl groups excluding tert-OH is 2. The summed E-state index contributed by atoms with van der Waals surface area (Å²) in [5.74, 6) is 3.14. The fourth-order valence-corrected chi connectivity index (χ4v) is 11.3. The van der Waals surface area contributed by atoms with Crippen molar-refractivity contribution in [1.82, 2.24) is 4.72 Å². The Bertz CT molecular complexity index is 1050. The fraction of sp³-hybridized carbons (Fsp3) is 0.806. The lowest BCUT2D eigenvalue weighted by Gasteiger charge is -2.64. The van der Waals surface area contributed by atoms with Crippen LogP contribution in [0.15, 0.2) is 35.2 Å². The molecule has 0 aromatic heterocycles. The van der Waals surface area contributed by atoms with Gasteiger partial charge in [-0.2, -0.15) is 0 Å². The van der Waals surface area contributed by atoms with Crippen molar-refractivity contribution in [3.05, 3.63) is 30.3 Å². The molecule has 5 nitrogen and oxygen atoms in total. The number of hydrogen-bond donors (Lipinski definition) is 3. The van der Waals surface area contributed by atoms with Crippen molar-refractivity contribution in [3.8, 4) is 0 Å². The van der Waals surface area contributed by atoms with Crippen LogP contribution >= 0.6 is 0 Å². The highest BCUT2D eigenvalue weighted by molar-refractivity contribution is 7.89. The van der Waals surface area contributed by atoms with E-state index in [0.717, 1.165) is 32.1 Å². The van der Waals surface area contributed by atoms with Gasteiger partial charge in [-0.3, -0.25) is 0 Å². The highest BCUT2D eigenvalue weighted by atomic mass is 32.2. The summed E-state index contributed by atoms with van der Waals surface area (Å²) in [6.45, 7) is 9.99. The molecule has 0 saturated heterocycles. The van der Waals surface area contributed by atoms with Crippen LogP contribution in [0.2, 0.25) is 0 Å². The van der Waals surface area contributed by atoms with Gasteiger partial charge in [0.1, 0.15) is 0 Å². The van der Waals surface area contributed by atoms with E-state index < -0.39 is 10.0 Å². The molecule has 0 unspecified atom stereocenters. The summed E-state index contributed by atoms with van der Waals surface area (Å²) in [4.78, 5) is 0.327. The van der Waals surface area contributed by atoms with Crippen molar-refractivity contribution in [3.63, 3.8) is 0 Å². The van der Waals surface area contributed by atoms with Crippen molar-refractivity contribution in [2.24, 2.45) is 52.3 Å². The van der Waals surface area contributed by atoms with Crippen LogP contribution < -0.4 is 4.72 Å². The van der Waals surface area contributed by atoms with E-state index in [1.54, 1.807) is 24.3 Å². The van der Waals surface area contributed by atoms with Gasteiger partial charge in [0.05, 0.1) is 17.1 Å². The Kier molecular flexibility index (Phi) is 7.63. The van der Waals surface area contributed by atoms with Crippen LogP contribution in [0, 0.1) is 52.3 Å². The lowest BCUT2D eigenvalue weighted by Crippen LogP contribution is -2.62. The van der Waals surface area contributed by atoms with E-state index in [9.17, 15) is 18.6 Å². The molecule has 37 heavy (non-hydrogen) atoms. The molecular formula is C31H49NO4S. The van der Waals surface area contributed by atoms with Gasteiger partial charge >= 0.3 is 0 Å². The maximum Gasteiger partial charge on any atom is 0.240 e. The van der Waals surface area contributed by atoms with E-state index in [4.69, 9.17) is 0 Å². The molecule has 0 amide bonds. The number of rotatable bonds is 7. The maximum absolute atomic E-state index is 12.7. The largest absolute Gasteiger partial charge is 0.393 e. The van der Waals surface area contributed by atoms with Crippen LogP contribution in [0.4, 0.5) is 0 Å². The van der Waals surface area contributed by atoms with E-state index >= 15 is 0 Å². The summed E-state index contributed by atoms with van der Waals surface area (Å²) in [6, 6.07) is 8.63. The van der Waals surface area contributed by atoms with Crippen molar-refractivity contribution in [2.75, 3.05) is 6.54 Å². The Morgan fingerprint density at radius 3 is 2.35 bits per heavy atom. The van der Waals surface area contributed by atoms with Gasteiger partial charge in [0.25, 0.3) is 0 Å². The van der Waals surface area contributed by atoms with Gasteiger partial charge in [-0.25, -0.2) is 13.1 Å². The minimum atomic E-state index is -3.47. The Balaban J connectivity index is 1.30. The van der Waals surface area contributed by atoms with E-state index in [1.165, 1.54) is 25.7 Å². The first kappa shape index (κ1) is 27.6. The first-order chi connectivity index (χ1) is 17.5. The van der Waals surface area contributed by atoms with Gasteiger partial charge in [0.2, 0.25) is 10.0 Å². The maximum atomic E-state index is 12.7. The predicted molar refractivity (Wildman–Crippen MR) is 147 cm³/mol. The minimum absolute atomic E-state index is 0.204. The first-order valence-corrected chi connectivity index (χ1v) is 16.4. The number of nitrogens with one attached hydrogen (secondary N) is 1. The first-order valence-electron chi connectivity index (χ1n) is 14.9. The Hall–Kier alpha value is -0.950. The van der Waals surface area contributed by atoms with Crippen LogP contribution in [0.3, 0.4) is 0 Å². The lowest BCUT2D eigenvalue weighted by atomic mass is 9.41. The minimum Gasteiger partial charge on any atom is -0.393 e. The van der Waals surface area contributed by atoms with Gasteiger partial charge in [-0.05, 0) is 116 Å². The lowest BCUT2D eigenvalue weighted by molar-refractivity contribution is -0.203. The van der Waals surface area contributed by atoms with Crippen LogP contribution in [0.1, 0.15) is 85.5 Å². The molecule has 1 aromatic carbocycles. The molecule has 208 valence electrons. The average Bonchev–Trinajstić information content (AvgIpc) is 3.23. The Morgan fingerprint density at radius 2 is 1.65 bits per heavy atom. The smallest absolute Gasteiger partial charge is 0.240 e. The number of benzene rings is 1. The zero-order valence-electron chi connectivity index (χ0n) is 23.3. The Morgan fingerprint density at radius 1 is 0.973 bits per heavy atom. The van der Waals surface area contributed by atoms with E-state index in [-0.39, 0.29) is 29.0 Å². The molecule has 0 radical (unpaired) electrons. The van der Waals surface area contributed by atoms with E-state index in [1.807, 2.05) is 6.07 Å². The van der Waals surface area contributed by atoms with Gasteiger partial charge in [0.15, 0.2) is 0 Å². The summed E-state index contributed by atoms with van der Waals surface area (Å²) in [5.41, 5.74) is 0.431. The molecule has 11 atom stereocenters. The number of aliphatic hydroxyl groups is 2. The topological polar surface area (TPSA) is 86.6 Å². The quantitative estimate of drug-likeness (QED) is 0.426. The molecule has 3 N–H and O–H groups in total. The van der Waals surface area contributed by atoms with Crippen molar-refractivity contribution in [1.29, 1.82) is 0 Å². The zero-order chi connectivity index (χ0) is 26.6. The highest BCUT2D eigenvalue weighted by Crippen LogP contribution is 2.69. The molecule has 4 aliphatic rings. The van der Waals surface area contributed by atoms with Gasteiger partial charge < -0.3 is 10.2 Å². The third kappa shape index (κ3) is 4.62. The third-order valence-corrected chi connectivity index (χ3v) is 13.6. The molecular weight excluding hydrogens is 482 g/mol. The second kappa shape index (κ2) is 10.2. The van der Waals surface area contributed by atoms with Crippen LogP contribution in [0.25, 0.3) is 0 Å². The molecule has 0 spiro atoms. The third-order valence-electron chi connectivity index (χ3n) is 12.1. The molecule has 0 bridgehead atoms. The molecule has 0 aliphatic heterocycles. The average molecular weight is 532 g/mol. The van der Waals surface area contributed by atoms with Crippen LogP contribution in [-0.4, -0.2) is 37.4 Å². The molecule has 0 heterocycles. The van der Waals surface area contributed by atoms with Gasteiger partial charge in [-0.1, -0.05) is 52.3 Å². The predicted octanol–water partition coefficient (Wildman–Crippen LogP) is 5.62. The molecule has 4 fully saturated rings. The summed E-state index contributed by atoms with van der Waals surface area (Å²) in [6.07, 6.45) is 8.95. The molecule has 6 heteroatoms. The monoisotopic (exact) mass is 531 g/mol. The number of hydrogen-bond acceptors (Lipinski definition) is 4. The SMILES string of the molecule is CC[C@H]1[C@@H](O)[C@@H]2[C@H](CC[C@]3(C)[C@@H]([C@H](C)CCNS(=O)(=O)c4ccccc4)CC[C@@H]23)[C@@]2(C)CC[C@@H](O)C[C@@H]12. The molecule has 4 aliphatic carbocycles. The number of fused-ring (bicyclic) bond motifs is 5. The molecule has 1 aromatic rings. The van der Waals surface area contributed by atoms with Crippen LogP contribution in [-0.2, 0) is 10.0 Å². The second-order valence-corrected chi connectivity index (χ2v) is 15.4. The van der Waals surface area contributed by atoms with Crippen molar-refractivity contribution in [2.45, 2.75) is 103 Å². The van der Waals surface area contributed by atoms with Gasteiger partial charge in [0, 0.05) is 6.54 Å². The summed E-state index contributed by atoms with van der Waals surface area (Å²) in [5, 5.41) is 22.4. The molecule has 4 saturated carbocycles. The van der Waals surface area contributed by atoms with Crippen molar-refractivity contribution < 1.29 is 18.6 Å². The fourth-order valence-electron chi connectivity index (χ4n) is 10.2. The Labute approximate surface area is 224 Å². The van der Waals surface area contributed by atoms with Gasteiger partial charge in [-0.15, -0.1) is 0 Å². The van der Waals surface area contributed by atoms with E-state index in [0.29, 0.717) is 46.9 Å². The zero-order valence-corrected chi connectivity index (χ0v) is 24.1. The summed E-state index contributed by atoms with van der Waals surface area (Å²) >= 11 is 0. The number of sulfonamides is 1. The molecule has 5 rings (SSSR count). The van der Waals surface area contributed by atoms with Crippen LogP contribution in [0.5, 0.6) is 0 Å².